The number of ether oxygens (including phenoxy) is 1. The number of phenolic OH excluding ortho intramolecular Hbond substituents is 1. The Morgan fingerprint density at radius 3 is 2.39 bits per heavy atom. The number of carbonyl (C=O) groups excluding carboxylic acids is 1. The number of aryl methyl sites for hydroxylation is 1. The minimum atomic E-state index is -0.0609. The predicted molar refractivity (Wildman–Crippen MR) is 114 cm³/mol. The number of esters is 1. The van der Waals surface area contributed by atoms with Crippen LogP contribution in [0.15, 0.2) is 48.5 Å². The van der Waals surface area contributed by atoms with E-state index in [2.05, 4.69) is 32.0 Å². The van der Waals surface area contributed by atoms with Crippen molar-refractivity contribution in [3.63, 3.8) is 0 Å². The van der Waals surface area contributed by atoms with Gasteiger partial charge in [0.25, 0.3) is 0 Å². The first kappa shape index (κ1) is 22.0. The highest BCUT2D eigenvalue weighted by Gasteiger charge is 2.24. The molecule has 0 bridgehead atoms. The van der Waals surface area contributed by atoms with E-state index < -0.39 is 0 Å². The van der Waals surface area contributed by atoms with Crippen molar-refractivity contribution in [3.8, 4) is 5.75 Å². The fraction of sp³-hybridized carbons (Fsp3) is 0.480. The highest BCUT2D eigenvalue weighted by atomic mass is 16.5. The summed E-state index contributed by atoms with van der Waals surface area (Å²) >= 11 is 0. The van der Waals surface area contributed by atoms with Crippen LogP contribution in [0.2, 0.25) is 0 Å². The molecule has 0 saturated carbocycles. The van der Waals surface area contributed by atoms with Crippen LogP contribution >= 0.6 is 0 Å². The van der Waals surface area contributed by atoms with Gasteiger partial charge in [-0.3, -0.25) is 4.79 Å². The van der Waals surface area contributed by atoms with Crippen molar-refractivity contribution in [2.45, 2.75) is 71.8 Å². The van der Waals surface area contributed by atoms with E-state index in [0.29, 0.717) is 11.7 Å². The van der Waals surface area contributed by atoms with E-state index in [1.165, 1.54) is 16.7 Å². The molecule has 0 amide bonds. The van der Waals surface area contributed by atoms with Gasteiger partial charge in [0.05, 0.1) is 5.92 Å². The number of carbonyl (C=O) groups is 1. The lowest BCUT2D eigenvalue weighted by molar-refractivity contribution is -0.154. The van der Waals surface area contributed by atoms with Gasteiger partial charge in [-0.25, -0.2) is 0 Å². The first-order valence-corrected chi connectivity index (χ1v) is 10.5. The molecule has 3 rings (SSSR count). The average molecular weight is 383 g/mol. The third-order valence-electron chi connectivity index (χ3n) is 5.66. The van der Waals surface area contributed by atoms with Crippen LogP contribution in [-0.4, -0.2) is 11.1 Å². The zero-order chi connectivity index (χ0) is 20.5. The molecule has 3 nitrogen and oxygen atoms in total. The molecule has 1 aliphatic carbocycles. The Bertz CT molecular complexity index is 736. The van der Waals surface area contributed by atoms with E-state index in [4.69, 9.17) is 9.84 Å². The van der Waals surface area contributed by atoms with E-state index in [9.17, 15) is 4.79 Å². The predicted octanol–water partition coefficient (Wildman–Crippen LogP) is 6.56. The van der Waals surface area contributed by atoms with Crippen molar-refractivity contribution in [1.29, 1.82) is 0 Å². The fourth-order valence-electron chi connectivity index (χ4n) is 3.29. The van der Waals surface area contributed by atoms with Gasteiger partial charge in [0.2, 0.25) is 0 Å². The van der Waals surface area contributed by atoms with Crippen molar-refractivity contribution >= 4 is 5.97 Å². The zero-order valence-corrected chi connectivity index (χ0v) is 17.7. The summed E-state index contributed by atoms with van der Waals surface area (Å²) in [5.41, 5.74) is 3.83. The fourth-order valence-corrected chi connectivity index (χ4v) is 3.29. The Balaban J connectivity index is 0.000000221. The summed E-state index contributed by atoms with van der Waals surface area (Å²) in [6.45, 7) is 8.29. The largest absolute Gasteiger partial charge is 0.508 e. The minimum Gasteiger partial charge on any atom is -0.508 e. The summed E-state index contributed by atoms with van der Waals surface area (Å²) in [5.74, 6) is 0.881. The maximum atomic E-state index is 11.8. The number of fused-ring (bicyclic) bond motifs is 1. The van der Waals surface area contributed by atoms with Crippen LogP contribution in [0.25, 0.3) is 0 Å². The first-order valence-electron chi connectivity index (χ1n) is 10.5. The number of benzene rings is 2. The van der Waals surface area contributed by atoms with Gasteiger partial charge in [-0.15, -0.1) is 0 Å². The van der Waals surface area contributed by atoms with Crippen LogP contribution in [0.3, 0.4) is 0 Å². The van der Waals surface area contributed by atoms with Gasteiger partial charge in [-0.2, -0.15) is 0 Å². The molecule has 2 aromatic rings. The lowest BCUT2D eigenvalue weighted by Gasteiger charge is -2.26. The lowest BCUT2D eigenvalue weighted by atomic mass is 9.89. The van der Waals surface area contributed by atoms with Crippen molar-refractivity contribution in [2.75, 3.05) is 0 Å². The van der Waals surface area contributed by atoms with E-state index in [0.717, 1.165) is 32.1 Å². The molecule has 0 aromatic heterocycles. The van der Waals surface area contributed by atoms with Crippen LogP contribution in [-0.2, 0) is 16.0 Å². The van der Waals surface area contributed by atoms with Crippen molar-refractivity contribution in [2.24, 2.45) is 5.92 Å². The molecular weight excluding hydrogens is 348 g/mol. The highest BCUT2D eigenvalue weighted by Crippen LogP contribution is 2.33. The molecule has 0 heterocycles. The number of rotatable bonds is 5. The van der Waals surface area contributed by atoms with E-state index in [1.807, 2.05) is 32.0 Å². The minimum absolute atomic E-state index is 0.00379. The molecule has 3 atom stereocenters. The highest BCUT2D eigenvalue weighted by molar-refractivity contribution is 5.72. The van der Waals surface area contributed by atoms with Gasteiger partial charge in [-0.05, 0) is 66.8 Å². The summed E-state index contributed by atoms with van der Waals surface area (Å²) in [4.78, 5) is 11.8. The van der Waals surface area contributed by atoms with E-state index in [1.54, 1.807) is 12.1 Å². The maximum absolute atomic E-state index is 11.8. The maximum Gasteiger partial charge on any atom is 0.309 e. The topological polar surface area (TPSA) is 46.5 Å². The summed E-state index contributed by atoms with van der Waals surface area (Å²) < 4.78 is 5.63. The summed E-state index contributed by atoms with van der Waals surface area (Å²) in [6, 6.07) is 15.7. The average Bonchev–Trinajstić information content (AvgIpc) is 2.73. The Kier molecular flexibility index (Phi) is 8.56. The van der Waals surface area contributed by atoms with Crippen molar-refractivity contribution in [3.05, 3.63) is 65.2 Å². The summed E-state index contributed by atoms with van der Waals surface area (Å²) in [6.07, 6.45) is 5.13. The standard InChI is InChI=1S/C15H20O2.C10H14O/c1-3-11(2)15(16)17-14-10-6-8-12-7-4-5-9-13(12)14;1-3-8(2)9-4-6-10(11)7-5-9/h4-5,7,9,11,14H,3,6,8,10H2,1-2H3;4-8,11H,3H2,1-2H3. The normalized spacial score (nSPS) is 17.5. The van der Waals surface area contributed by atoms with Gasteiger partial charge in [-0.1, -0.05) is 64.1 Å². The zero-order valence-electron chi connectivity index (χ0n) is 17.7. The Hall–Kier alpha value is -2.29. The van der Waals surface area contributed by atoms with Gasteiger partial charge in [0.15, 0.2) is 0 Å². The summed E-state index contributed by atoms with van der Waals surface area (Å²) in [5, 5.41) is 9.01. The van der Waals surface area contributed by atoms with Crippen LogP contribution in [0.5, 0.6) is 5.75 Å². The van der Waals surface area contributed by atoms with E-state index >= 15 is 0 Å². The third kappa shape index (κ3) is 6.12. The number of aromatic hydroxyl groups is 1. The van der Waals surface area contributed by atoms with E-state index in [-0.39, 0.29) is 18.0 Å². The van der Waals surface area contributed by atoms with Gasteiger partial charge in [0.1, 0.15) is 11.9 Å². The number of hydrogen-bond acceptors (Lipinski definition) is 3. The molecule has 0 aliphatic heterocycles. The molecule has 152 valence electrons. The smallest absolute Gasteiger partial charge is 0.309 e. The molecule has 1 N–H and O–H groups in total. The number of hydrogen-bond donors (Lipinski definition) is 1. The second kappa shape index (κ2) is 10.9. The molecule has 28 heavy (non-hydrogen) atoms. The van der Waals surface area contributed by atoms with Crippen molar-refractivity contribution in [1.82, 2.24) is 0 Å². The van der Waals surface area contributed by atoms with Gasteiger partial charge >= 0.3 is 5.97 Å². The van der Waals surface area contributed by atoms with Crippen LogP contribution in [0, 0.1) is 5.92 Å². The molecule has 2 aromatic carbocycles. The molecule has 0 fully saturated rings. The van der Waals surface area contributed by atoms with Gasteiger partial charge in [0, 0.05) is 0 Å². The number of phenols is 1. The quantitative estimate of drug-likeness (QED) is 0.596. The Morgan fingerprint density at radius 1 is 1.07 bits per heavy atom. The van der Waals surface area contributed by atoms with Crippen molar-refractivity contribution < 1.29 is 14.6 Å². The Morgan fingerprint density at radius 2 is 1.75 bits per heavy atom. The molecule has 0 radical (unpaired) electrons. The molecule has 0 saturated heterocycles. The van der Waals surface area contributed by atoms with Gasteiger partial charge < -0.3 is 9.84 Å². The molecule has 1 aliphatic rings. The van der Waals surface area contributed by atoms with Crippen LogP contribution in [0.4, 0.5) is 0 Å². The van der Waals surface area contributed by atoms with Crippen LogP contribution < -0.4 is 0 Å². The third-order valence-corrected chi connectivity index (χ3v) is 5.66. The monoisotopic (exact) mass is 382 g/mol. The second-order valence-corrected chi connectivity index (χ2v) is 7.73. The first-order chi connectivity index (χ1) is 13.5. The van der Waals surface area contributed by atoms with Crippen LogP contribution in [0.1, 0.15) is 82.1 Å². The Labute approximate surface area is 169 Å². The summed E-state index contributed by atoms with van der Waals surface area (Å²) in [7, 11) is 0. The molecule has 3 unspecified atom stereocenters. The molecular formula is C25H34O3. The second-order valence-electron chi connectivity index (χ2n) is 7.73. The molecule has 3 heteroatoms. The SMILES string of the molecule is CCC(C)C(=O)OC1CCCc2ccccc21.CCC(C)c1ccc(O)cc1. The lowest BCUT2D eigenvalue weighted by Crippen LogP contribution is -2.20. The molecule has 0 spiro atoms.